The van der Waals surface area contributed by atoms with Gasteiger partial charge in [0.2, 0.25) is 0 Å². The second-order valence-electron chi connectivity index (χ2n) is 6.01. The lowest BCUT2D eigenvalue weighted by atomic mass is 10.0. The molecule has 0 aromatic heterocycles. The van der Waals surface area contributed by atoms with Gasteiger partial charge in [-0.25, -0.2) is 0 Å². The summed E-state index contributed by atoms with van der Waals surface area (Å²) in [5.41, 5.74) is 0.914. The number of aliphatic hydroxyl groups excluding tert-OH is 1. The van der Waals surface area contributed by atoms with Gasteiger partial charge in [0.05, 0.1) is 6.10 Å². The van der Waals surface area contributed by atoms with E-state index in [4.69, 9.17) is 11.6 Å². The molecular weight excluding hydrogens is 284 g/mol. The molecule has 1 unspecified atom stereocenters. The highest BCUT2D eigenvalue weighted by Crippen LogP contribution is 2.22. The van der Waals surface area contributed by atoms with Crippen molar-refractivity contribution in [1.82, 2.24) is 9.80 Å². The van der Waals surface area contributed by atoms with Crippen LogP contribution in [-0.2, 0) is 0 Å². The van der Waals surface area contributed by atoms with E-state index in [1.54, 1.807) is 0 Å². The van der Waals surface area contributed by atoms with E-state index >= 15 is 0 Å². The van der Waals surface area contributed by atoms with Gasteiger partial charge in [-0.15, -0.1) is 0 Å². The maximum atomic E-state index is 10.3. The van der Waals surface area contributed by atoms with Crippen molar-refractivity contribution in [2.45, 2.75) is 38.3 Å². The van der Waals surface area contributed by atoms with Gasteiger partial charge in [-0.2, -0.15) is 0 Å². The van der Waals surface area contributed by atoms with Crippen molar-refractivity contribution in [2.75, 3.05) is 33.2 Å². The van der Waals surface area contributed by atoms with E-state index in [9.17, 15) is 5.11 Å². The van der Waals surface area contributed by atoms with Crippen molar-refractivity contribution < 1.29 is 5.11 Å². The lowest BCUT2D eigenvalue weighted by Crippen LogP contribution is -2.43. The second-order valence-corrected chi connectivity index (χ2v) is 6.44. The normalized spacial score (nSPS) is 19.1. The quantitative estimate of drug-likeness (QED) is 0.874. The molecule has 0 saturated carbocycles. The zero-order valence-corrected chi connectivity index (χ0v) is 13.9. The van der Waals surface area contributed by atoms with Crippen molar-refractivity contribution in [3.05, 3.63) is 34.9 Å². The Bertz CT molecular complexity index is 433. The largest absolute Gasteiger partial charge is 0.388 e. The molecule has 0 spiro atoms. The minimum atomic E-state index is -0.429. The van der Waals surface area contributed by atoms with Gasteiger partial charge in [-0.3, -0.25) is 0 Å². The summed E-state index contributed by atoms with van der Waals surface area (Å²) in [4.78, 5) is 4.91. The Balaban J connectivity index is 1.77. The van der Waals surface area contributed by atoms with Crippen LogP contribution in [0.2, 0.25) is 5.02 Å². The Morgan fingerprint density at radius 3 is 2.71 bits per heavy atom. The lowest BCUT2D eigenvalue weighted by Gasteiger charge is -2.36. The minimum absolute atomic E-state index is 0.429. The number of hydrogen-bond acceptors (Lipinski definition) is 3. The highest BCUT2D eigenvalue weighted by Gasteiger charge is 2.22. The molecule has 0 bridgehead atoms. The van der Waals surface area contributed by atoms with Crippen LogP contribution in [0, 0.1) is 0 Å². The highest BCUT2D eigenvalue weighted by atomic mass is 35.5. The van der Waals surface area contributed by atoms with Crippen molar-refractivity contribution in [2.24, 2.45) is 0 Å². The first-order valence-corrected chi connectivity index (χ1v) is 8.34. The van der Waals surface area contributed by atoms with Crippen molar-refractivity contribution in [1.29, 1.82) is 0 Å². The molecule has 4 heteroatoms. The lowest BCUT2D eigenvalue weighted by molar-refractivity contribution is 0.104. The molecule has 1 saturated heterocycles. The molecule has 1 heterocycles. The van der Waals surface area contributed by atoms with Crippen LogP contribution in [0.4, 0.5) is 0 Å². The van der Waals surface area contributed by atoms with Crippen LogP contribution in [0.3, 0.4) is 0 Å². The Morgan fingerprint density at radius 2 is 2.10 bits per heavy atom. The zero-order chi connectivity index (χ0) is 15.2. The number of likely N-dealkylation sites (tertiary alicyclic amines) is 1. The van der Waals surface area contributed by atoms with Crippen molar-refractivity contribution in [3.63, 3.8) is 0 Å². The van der Waals surface area contributed by atoms with E-state index in [-0.39, 0.29) is 0 Å². The van der Waals surface area contributed by atoms with Crippen LogP contribution in [-0.4, -0.2) is 54.2 Å². The van der Waals surface area contributed by atoms with E-state index in [2.05, 4.69) is 23.8 Å². The number of hydrogen-bond donors (Lipinski definition) is 1. The monoisotopic (exact) mass is 310 g/mol. The number of benzene rings is 1. The van der Waals surface area contributed by atoms with Gasteiger partial charge in [0.25, 0.3) is 0 Å². The molecule has 2 rings (SSSR count). The fraction of sp³-hybridized carbons (Fsp3) is 0.647. The van der Waals surface area contributed by atoms with Crippen LogP contribution in [0.1, 0.15) is 37.9 Å². The van der Waals surface area contributed by atoms with Crippen molar-refractivity contribution >= 4 is 11.6 Å². The summed E-state index contributed by atoms with van der Waals surface area (Å²) < 4.78 is 0. The summed E-state index contributed by atoms with van der Waals surface area (Å²) in [6, 6.07) is 8.18. The van der Waals surface area contributed by atoms with Gasteiger partial charge in [0, 0.05) is 17.6 Å². The Kier molecular flexibility index (Phi) is 6.49. The predicted molar refractivity (Wildman–Crippen MR) is 88.8 cm³/mol. The Hall–Kier alpha value is -0.610. The number of piperidine rings is 1. The molecule has 1 aliphatic rings. The second kappa shape index (κ2) is 8.14. The fourth-order valence-electron chi connectivity index (χ4n) is 3.07. The van der Waals surface area contributed by atoms with Gasteiger partial charge in [0.15, 0.2) is 0 Å². The van der Waals surface area contributed by atoms with Crippen LogP contribution in [0.15, 0.2) is 24.3 Å². The van der Waals surface area contributed by atoms with Crippen LogP contribution < -0.4 is 0 Å². The number of nitrogens with zero attached hydrogens (tertiary/aromatic N) is 2. The summed E-state index contributed by atoms with van der Waals surface area (Å²) in [6.45, 7) is 6.70. The third-order valence-electron chi connectivity index (χ3n) is 4.62. The first-order valence-electron chi connectivity index (χ1n) is 7.96. The molecule has 0 amide bonds. The first-order chi connectivity index (χ1) is 10.1. The van der Waals surface area contributed by atoms with Crippen LogP contribution >= 0.6 is 11.6 Å². The third kappa shape index (κ3) is 4.96. The van der Waals surface area contributed by atoms with E-state index in [0.29, 0.717) is 11.1 Å². The summed E-state index contributed by atoms with van der Waals surface area (Å²) in [5, 5.41) is 11.0. The molecule has 1 aromatic rings. The van der Waals surface area contributed by atoms with Gasteiger partial charge in [0.1, 0.15) is 0 Å². The van der Waals surface area contributed by atoms with Crippen LogP contribution in [0.25, 0.3) is 0 Å². The molecule has 0 aliphatic carbocycles. The van der Waals surface area contributed by atoms with Gasteiger partial charge < -0.3 is 14.9 Å². The topological polar surface area (TPSA) is 26.7 Å². The fourth-order valence-corrected chi connectivity index (χ4v) is 3.26. The molecule has 1 atom stereocenters. The maximum absolute atomic E-state index is 10.3. The summed E-state index contributed by atoms with van der Waals surface area (Å²) in [5.74, 6) is 0. The molecule has 118 valence electrons. The molecule has 1 aliphatic heterocycles. The highest BCUT2D eigenvalue weighted by molar-refractivity contribution is 6.30. The zero-order valence-electron chi connectivity index (χ0n) is 13.1. The Labute approximate surface area is 133 Å². The average molecular weight is 311 g/mol. The van der Waals surface area contributed by atoms with Gasteiger partial charge >= 0.3 is 0 Å². The van der Waals surface area contributed by atoms with E-state index in [0.717, 1.165) is 25.1 Å². The standard InChI is InChI=1S/C17H27ClN2O/c1-3-20-11-7-16(8-12-20)19(2)10-9-17(21)14-5-4-6-15(18)13-14/h4-6,13,16-17,21H,3,7-12H2,1-2H3. The van der Waals surface area contributed by atoms with Gasteiger partial charge in [-0.05, 0) is 63.6 Å². The molecule has 1 fully saturated rings. The average Bonchev–Trinajstić information content (AvgIpc) is 2.52. The summed E-state index contributed by atoms with van der Waals surface area (Å²) in [7, 11) is 2.18. The molecule has 3 nitrogen and oxygen atoms in total. The maximum Gasteiger partial charge on any atom is 0.0802 e. The Morgan fingerprint density at radius 1 is 1.38 bits per heavy atom. The minimum Gasteiger partial charge on any atom is -0.388 e. The molecular formula is C17H27ClN2O. The van der Waals surface area contributed by atoms with Gasteiger partial charge in [-0.1, -0.05) is 30.7 Å². The van der Waals surface area contributed by atoms with E-state index in [1.165, 1.54) is 25.9 Å². The molecule has 21 heavy (non-hydrogen) atoms. The summed E-state index contributed by atoms with van der Waals surface area (Å²) >= 11 is 5.97. The SMILES string of the molecule is CCN1CCC(N(C)CCC(O)c2cccc(Cl)c2)CC1. The number of aliphatic hydroxyl groups is 1. The molecule has 1 aromatic carbocycles. The first kappa shape index (κ1) is 16.8. The van der Waals surface area contributed by atoms with E-state index in [1.807, 2.05) is 24.3 Å². The number of halogens is 1. The van der Waals surface area contributed by atoms with E-state index < -0.39 is 6.10 Å². The molecule has 1 N–H and O–H groups in total. The molecule has 0 radical (unpaired) electrons. The van der Waals surface area contributed by atoms with Crippen LogP contribution in [0.5, 0.6) is 0 Å². The third-order valence-corrected chi connectivity index (χ3v) is 4.85. The smallest absolute Gasteiger partial charge is 0.0802 e. The van der Waals surface area contributed by atoms with Crippen molar-refractivity contribution in [3.8, 4) is 0 Å². The summed E-state index contributed by atoms with van der Waals surface area (Å²) in [6.07, 6.45) is 2.79. The number of rotatable bonds is 6. The predicted octanol–water partition coefficient (Wildman–Crippen LogP) is 3.18.